The van der Waals surface area contributed by atoms with Crippen LogP contribution in [0, 0.1) is 5.92 Å². The summed E-state index contributed by atoms with van der Waals surface area (Å²) in [5, 5.41) is 9.32. The van der Waals surface area contributed by atoms with Gasteiger partial charge in [0.05, 0.1) is 17.8 Å². The van der Waals surface area contributed by atoms with E-state index in [9.17, 15) is 14.4 Å². The smallest absolute Gasteiger partial charge is 0.308 e. The molecule has 1 atom stereocenters. The lowest BCUT2D eigenvalue weighted by molar-refractivity contribution is -0.141. The Morgan fingerprint density at radius 2 is 2.13 bits per heavy atom. The highest BCUT2D eigenvalue weighted by molar-refractivity contribution is 5.98. The largest absolute Gasteiger partial charge is 0.481 e. The van der Waals surface area contributed by atoms with Crippen LogP contribution in [-0.4, -0.2) is 35.0 Å². The maximum atomic E-state index is 12.5. The molecule has 1 aromatic heterocycles. The van der Waals surface area contributed by atoms with Gasteiger partial charge in [0.25, 0.3) is 5.91 Å². The topological polar surface area (TPSA) is 114 Å². The summed E-state index contributed by atoms with van der Waals surface area (Å²) in [6.07, 6.45) is 0.441. The van der Waals surface area contributed by atoms with Gasteiger partial charge in [-0.3, -0.25) is 14.4 Å². The number of nitrogens with two attached hydrogens (primary N) is 1. The van der Waals surface area contributed by atoms with E-state index in [0.29, 0.717) is 35.3 Å². The lowest BCUT2D eigenvalue weighted by Crippen LogP contribution is -2.30. The first-order valence-electron chi connectivity index (χ1n) is 7.28. The van der Waals surface area contributed by atoms with Gasteiger partial charge in [0.2, 0.25) is 0 Å². The second kappa shape index (κ2) is 5.85. The summed E-state index contributed by atoms with van der Waals surface area (Å²) in [5.41, 5.74) is 5.93. The molecule has 7 heteroatoms. The number of carbonyl (C=O) groups is 2. The fraction of sp³-hybridized carbons (Fsp3) is 0.312. The fourth-order valence-electron chi connectivity index (χ4n) is 2.77. The van der Waals surface area contributed by atoms with E-state index in [4.69, 9.17) is 15.3 Å². The quantitative estimate of drug-likeness (QED) is 0.865. The molecule has 2 heterocycles. The van der Waals surface area contributed by atoms with Crippen LogP contribution < -0.4 is 11.2 Å². The Morgan fingerprint density at radius 3 is 2.78 bits per heavy atom. The average molecular weight is 316 g/mol. The molecule has 0 unspecified atom stereocenters. The molecule has 2 aromatic rings. The summed E-state index contributed by atoms with van der Waals surface area (Å²) >= 11 is 0. The number of amides is 1. The number of likely N-dealkylation sites (tertiary alicyclic amines) is 1. The van der Waals surface area contributed by atoms with Crippen LogP contribution in [-0.2, 0) is 11.3 Å². The highest BCUT2D eigenvalue weighted by atomic mass is 16.4. The Bertz CT molecular complexity index is 842. The molecule has 3 rings (SSSR count). The minimum Gasteiger partial charge on any atom is -0.481 e. The standard InChI is InChI=1S/C16H16N2O5/c17-7-11-6-13(19)12-5-9(1-2-14(12)23-11)15(20)18-4-3-10(8-18)16(21)22/h1-2,5-6,10H,3-4,7-8,17H2,(H,21,22)/t10-/m0/s1. The third-order valence-corrected chi connectivity index (χ3v) is 4.05. The Hall–Kier alpha value is -2.67. The number of hydrogen-bond donors (Lipinski definition) is 2. The van der Waals surface area contributed by atoms with Crippen molar-refractivity contribution in [3.05, 3.63) is 45.8 Å². The summed E-state index contributed by atoms with van der Waals surface area (Å²) in [7, 11) is 0. The number of benzene rings is 1. The molecule has 0 aliphatic carbocycles. The molecule has 7 nitrogen and oxygen atoms in total. The third-order valence-electron chi connectivity index (χ3n) is 4.05. The first kappa shape index (κ1) is 15.2. The van der Waals surface area contributed by atoms with Gasteiger partial charge in [-0.05, 0) is 24.6 Å². The molecule has 0 spiro atoms. The zero-order valence-corrected chi connectivity index (χ0v) is 12.3. The van der Waals surface area contributed by atoms with E-state index >= 15 is 0 Å². The molecule has 0 radical (unpaired) electrons. The van der Waals surface area contributed by atoms with Crippen molar-refractivity contribution in [2.75, 3.05) is 13.1 Å². The van der Waals surface area contributed by atoms with E-state index in [1.807, 2.05) is 0 Å². The zero-order chi connectivity index (χ0) is 16.6. The normalized spacial score (nSPS) is 17.6. The van der Waals surface area contributed by atoms with Gasteiger partial charge < -0.3 is 20.2 Å². The summed E-state index contributed by atoms with van der Waals surface area (Å²) in [6, 6.07) is 5.93. The maximum absolute atomic E-state index is 12.5. The van der Waals surface area contributed by atoms with E-state index < -0.39 is 11.9 Å². The van der Waals surface area contributed by atoms with Crippen molar-refractivity contribution < 1.29 is 19.1 Å². The van der Waals surface area contributed by atoms with Gasteiger partial charge in [0, 0.05) is 24.7 Å². The molecule has 0 bridgehead atoms. The molecule has 1 aliphatic rings. The van der Waals surface area contributed by atoms with Crippen LogP contribution in [0.2, 0.25) is 0 Å². The summed E-state index contributed by atoms with van der Waals surface area (Å²) in [5.74, 6) is -1.33. The highest BCUT2D eigenvalue weighted by Gasteiger charge is 2.31. The first-order chi connectivity index (χ1) is 11.0. The number of carboxylic acids is 1. The van der Waals surface area contributed by atoms with Gasteiger partial charge in [0.1, 0.15) is 11.3 Å². The molecule has 23 heavy (non-hydrogen) atoms. The van der Waals surface area contributed by atoms with E-state index in [1.54, 1.807) is 12.1 Å². The predicted molar refractivity (Wildman–Crippen MR) is 82.0 cm³/mol. The lowest BCUT2D eigenvalue weighted by atomic mass is 10.1. The van der Waals surface area contributed by atoms with Crippen LogP contribution >= 0.6 is 0 Å². The second-order valence-electron chi connectivity index (χ2n) is 5.57. The van der Waals surface area contributed by atoms with E-state index in [0.717, 1.165) is 0 Å². The molecule has 1 saturated heterocycles. The van der Waals surface area contributed by atoms with Crippen molar-refractivity contribution in [3.8, 4) is 0 Å². The molecule has 1 aromatic carbocycles. The van der Waals surface area contributed by atoms with Gasteiger partial charge >= 0.3 is 5.97 Å². The van der Waals surface area contributed by atoms with E-state index in [-0.39, 0.29) is 24.4 Å². The number of carboxylic acid groups (broad SMARTS) is 1. The lowest BCUT2D eigenvalue weighted by Gasteiger charge is -2.16. The van der Waals surface area contributed by atoms with Crippen molar-refractivity contribution >= 4 is 22.8 Å². The molecule has 1 fully saturated rings. The molecule has 3 N–H and O–H groups in total. The Kier molecular flexibility index (Phi) is 3.87. The SMILES string of the molecule is NCc1cc(=O)c2cc(C(=O)N3CC[C@H](C(=O)O)C3)ccc2o1. The Balaban J connectivity index is 1.92. The van der Waals surface area contributed by atoms with Crippen molar-refractivity contribution in [3.63, 3.8) is 0 Å². The number of hydrogen-bond acceptors (Lipinski definition) is 5. The van der Waals surface area contributed by atoms with Crippen LogP contribution in [0.25, 0.3) is 11.0 Å². The average Bonchev–Trinajstić information content (AvgIpc) is 3.04. The van der Waals surface area contributed by atoms with Crippen molar-refractivity contribution in [1.82, 2.24) is 4.90 Å². The number of carbonyl (C=O) groups excluding carboxylic acids is 1. The Labute approximate surface area is 131 Å². The van der Waals surface area contributed by atoms with Crippen LogP contribution in [0.15, 0.2) is 33.5 Å². The highest BCUT2D eigenvalue weighted by Crippen LogP contribution is 2.21. The van der Waals surface area contributed by atoms with Gasteiger partial charge in [-0.15, -0.1) is 0 Å². The van der Waals surface area contributed by atoms with Gasteiger partial charge in [-0.1, -0.05) is 0 Å². The molecular weight excluding hydrogens is 300 g/mol. The van der Waals surface area contributed by atoms with Crippen LogP contribution in [0.4, 0.5) is 0 Å². The predicted octanol–water partition coefficient (Wildman–Crippen LogP) is 0.798. The molecule has 1 aliphatic heterocycles. The van der Waals surface area contributed by atoms with Crippen LogP contribution in [0.1, 0.15) is 22.5 Å². The van der Waals surface area contributed by atoms with Crippen molar-refractivity contribution in [1.29, 1.82) is 0 Å². The zero-order valence-electron chi connectivity index (χ0n) is 12.3. The molecular formula is C16H16N2O5. The van der Waals surface area contributed by atoms with E-state index in [2.05, 4.69) is 0 Å². The molecule has 1 amide bonds. The number of aliphatic carboxylic acids is 1. The summed E-state index contributed by atoms with van der Waals surface area (Å²) < 4.78 is 5.47. The van der Waals surface area contributed by atoms with Gasteiger partial charge in [0.15, 0.2) is 5.43 Å². The monoisotopic (exact) mass is 316 g/mol. The molecule has 120 valence electrons. The van der Waals surface area contributed by atoms with E-state index in [1.165, 1.54) is 17.0 Å². The fourth-order valence-corrected chi connectivity index (χ4v) is 2.77. The van der Waals surface area contributed by atoms with Gasteiger partial charge in [-0.2, -0.15) is 0 Å². The number of nitrogens with zero attached hydrogens (tertiary/aromatic N) is 1. The minimum atomic E-state index is -0.895. The van der Waals surface area contributed by atoms with Crippen molar-refractivity contribution in [2.45, 2.75) is 13.0 Å². The third kappa shape index (κ3) is 2.83. The molecule has 0 saturated carbocycles. The first-order valence-corrected chi connectivity index (χ1v) is 7.28. The van der Waals surface area contributed by atoms with Crippen molar-refractivity contribution in [2.24, 2.45) is 11.7 Å². The minimum absolute atomic E-state index is 0.121. The van der Waals surface area contributed by atoms with Gasteiger partial charge in [-0.25, -0.2) is 0 Å². The summed E-state index contributed by atoms with van der Waals surface area (Å²) in [4.78, 5) is 37.0. The summed E-state index contributed by atoms with van der Waals surface area (Å²) in [6.45, 7) is 0.706. The Morgan fingerprint density at radius 1 is 1.35 bits per heavy atom. The van der Waals surface area contributed by atoms with Crippen LogP contribution in [0.5, 0.6) is 0 Å². The van der Waals surface area contributed by atoms with Crippen LogP contribution in [0.3, 0.4) is 0 Å². The number of fused-ring (bicyclic) bond motifs is 1. The second-order valence-corrected chi connectivity index (χ2v) is 5.57. The number of rotatable bonds is 3. The maximum Gasteiger partial charge on any atom is 0.308 e.